The molecule has 0 saturated carbocycles. The van der Waals surface area contributed by atoms with Gasteiger partial charge in [-0.15, -0.1) is 5.73 Å². The summed E-state index contributed by atoms with van der Waals surface area (Å²) in [5, 5.41) is 0. The van der Waals surface area contributed by atoms with Crippen LogP contribution < -0.4 is 0 Å². The fourth-order valence-electron chi connectivity index (χ4n) is 0.184. The summed E-state index contributed by atoms with van der Waals surface area (Å²) in [5.41, 5.74) is 2.55. The molecule has 0 rings (SSSR count). The van der Waals surface area contributed by atoms with Crippen molar-refractivity contribution in [3.8, 4) is 0 Å². The van der Waals surface area contributed by atoms with Gasteiger partial charge in [0.05, 0.1) is 0 Å². The Hall–Kier alpha value is -0.745. The third kappa shape index (κ3) is 5.25. The molecule has 0 aliphatic heterocycles. The Morgan fingerprint density at radius 3 is 2.86 bits per heavy atom. The molecule has 0 atom stereocenters. The molecule has 0 unspecified atom stereocenters. The molecule has 0 aromatic rings. The molecule has 1 nitrogen and oxygen atoms in total. The molecule has 0 bridgehead atoms. The van der Waals surface area contributed by atoms with Gasteiger partial charge in [-0.25, -0.2) is 0 Å². The van der Waals surface area contributed by atoms with Crippen molar-refractivity contribution in [1.82, 2.24) is 0 Å². The van der Waals surface area contributed by atoms with Crippen molar-refractivity contribution in [2.45, 2.75) is 6.42 Å². The first-order valence-electron chi connectivity index (χ1n) is 1.96. The van der Waals surface area contributed by atoms with Crippen molar-refractivity contribution in [2.75, 3.05) is 0 Å². The van der Waals surface area contributed by atoms with E-state index in [-0.39, 0.29) is 0 Å². The first-order valence-corrected chi connectivity index (χ1v) is 1.96. The average Bonchev–Trinajstić information content (AvgIpc) is 1.69. The van der Waals surface area contributed by atoms with Crippen LogP contribution in [0.3, 0.4) is 0 Å². The fourth-order valence-corrected chi connectivity index (χ4v) is 0.184. The highest BCUT2D eigenvalue weighted by Crippen LogP contribution is 1.69. The zero-order valence-corrected chi connectivity index (χ0v) is 3.92. The highest BCUT2D eigenvalue weighted by Gasteiger charge is 1.63. The van der Waals surface area contributed by atoms with Gasteiger partial charge in [0.1, 0.15) is 14.1 Å². The van der Waals surface area contributed by atoms with Crippen LogP contribution in [0.1, 0.15) is 6.42 Å². The minimum Gasteiger partial charge on any atom is -0.303 e. The van der Waals surface area contributed by atoms with E-state index in [0.29, 0.717) is 6.42 Å². The summed E-state index contributed by atoms with van der Waals surface area (Å²) in [4.78, 5) is 9.55. The summed E-state index contributed by atoms with van der Waals surface area (Å²) in [6.45, 7) is 0. The van der Waals surface area contributed by atoms with Crippen LogP contribution in [0.25, 0.3) is 0 Å². The molecule has 2 heteroatoms. The standard InChI is InChI=1S/C5H5BO/c6-4-2-1-3-5-7/h1,4-5H,3H2. The summed E-state index contributed by atoms with van der Waals surface area (Å²) in [7, 11) is 4.89. The van der Waals surface area contributed by atoms with E-state index in [2.05, 4.69) is 5.73 Å². The van der Waals surface area contributed by atoms with E-state index in [1.807, 2.05) is 0 Å². The maximum absolute atomic E-state index is 9.55. The van der Waals surface area contributed by atoms with Gasteiger partial charge in [0.15, 0.2) is 0 Å². The molecule has 0 saturated heterocycles. The Morgan fingerprint density at radius 2 is 2.43 bits per heavy atom. The molecule has 0 spiro atoms. The van der Waals surface area contributed by atoms with Crippen molar-refractivity contribution < 1.29 is 4.79 Å². The molecule has 0 amide bonds. The van der Waals surface area contributed by atoms with Crippen LogP contribution >= 0.6 is 0 Å². The molecule has 0 aromatic carbocycles. The average molecular weight is 91.9 g/mol. The van der Waals surface area contributed by atoms with Crippen LogP contribution in [-0.2, 0) is 4.79 Å². The molecular weight excluding hydrogens is 86.9 g/mol. The fraction of sp³-hybridized carbons (Fsp3) is 0.200. The van der Waals surface area contributed by atoms with Crippen molar-refractivity contribution in [2.24, 2.45) is 0 Å². The summed E-state index contributed by atoms with van der Waals surface area (Å²) in [5.74, 6) is 1.27. The SMILES string of the molecule is [B]C=C=CCC=O. The van der Waals surface area contributed by atoms with Crippen molar-refractivity contribution in [3.05, 3.63) is 17.8 Å². The molecule has 0 heterocycles. The van der Waals surface area contributed by atoms with Gasteiger partial charge < -0.3 is 4.79 Å². The first kappa shape index (κ1) is 6.25. The zero-order valence-electron chi connectivity index (χ0n) is 3.92. The Balaban J connectivity index is 3.27. The van der Waals surface area contributed by atoms with Gasteiger partial charge in [0.25, 0.3) is 0 Å². The van der Waals surface area contributed by atoms with Crippen LogP contribution in [-0.4, -0.2) is 14.1 Å². The van der Waals surface area contributed by atoms with Gasteiger partial charge in [-0.2, -0.15) is 0 Å². The number of carbonyl (C=O) groups is 1. The van der Waals surface area contributed by atoms with E-state index in [0.717, 1.165) is 6.29 Å². The maximum atomic E-state index is 9.55. The number of carbonyl (C=O) groups excluding carboxylic acids is 1. The number of hydrogen-bond donors (Lipinski definition) is 0. The Morgan fingerprint density at radius 1 is 1.71 bits per heavy atom. The molecule has 0 aromatic heterocycles. The number of aldehydes is 1. The minimum absolute atomic E-state index is 0.397. The first-order chi connectivity index (χ1) is 3.41. The number of rotatable bonds is 2. The molecule has 2 radical (unpaired) electrons. The van der Waals surface area contributed by atoms with Gasteiger partial charge >= 0.3 is 0 Å². The molecule has 0 N–H and O–H groups in total. The smallest absolute Gasteiger partial charge is 0.124 e. The van der Waals surface area contributed by atoms with E-state index >= 15 is 0 Å². The quantitative estimate of drug-likeness (QED) is 0.274. The summed E-state index contributed by atoms with van der Waals surface area (Å²) < 4.78 is 0. The maximum Gasteiger partial charge on any atom is 0.124 e. The molecule has 34 valence electrons. The third-order valence-electron chi connectivity index (χ3n) is 0.428. The van der Waals surface area contributed by atoms with Crippen LogP contribution in [0, 0.1) is 0 Å². The molecule has 0 aliphatic carbocycles. The van der Waals surface area contributed by atoms with Crippen LogP contribution in [0.15, 0.2) is 17.8 Å². The monoisotopic (exact) mass is 92.0 g/mol. The van der Waals surface area contributed by atoms with Gasteiger partial charge in [-0.1, -0.05) is 5.98 Å². The zero-order chi connectivity index (χ0) is 5.54. The van der Waals surface area contributed by atoms with Crippen LogP contribution in [0.5, 0.6) is 0 Å². The van der Waals surface area contributed by atoms with Crippen molar-refractivity contribution in [3.63, 3.8) is 0 Å². The summed E-state index contributed by atoms with van der Waals surface area (Å²) in [6, 6.07) is 0. The predicted molar refractivity (Wildman–Crippen MR) is 29.1 cm³/mol. The second-order valence-corrected chi connectivity index (χ2v) is 0.940. The number of hydrogen-bond acceptors (Lipinski definition) is 1. The lowest BCUT2D eigenvalue weighted by molar-refractivity contribution is -0.107. The van der Waals surface area contributed by atoms with Gasteiger partial charge in [-0.05, 0) is 6.08 Å². The van der Waals surface area contributed by atoms with Gasteiger partial charge in [0, 0.05) is 6.42 Å². The number of allylic oxidation sites excluding steroid dienone is 1. The second-order valence-electron chi connectivity index (χ2n) is 0.940. The largest absolute Gasteiger partial charge is 0.303 e. The minimum atomic E-state index is 0.397. The molecule has 0 fully saturated rings. The van der Waals surface area contributed by atoms with Crippen LogP contribution in [0.2, 0.25) is 0 Å². The normalized spacial score (nSPS) is 6.29. The van der Waals surface area contributed by atoms with Crippen molar-refractivity contribution >= 4 is 14.1 Å². The predicted octanol–water partition coefficient (Wildman–Crippen LogP) is 0.413. The Bertz CT molecular complexity index is 101. The third-order valence-corrected chi connectivity index (χ3v) is 0.428. The van der Waals surface area contributed by atoms with E-state index in [4.69, 9.17) is 7.85 Å². The lowest BCUT2D eigenvalue weighted by Crippen LogP contribution is -1.61. The summed E-state index contributed by atoms with van der Waals surface area (Å²) in [6.07, 6.45) is 2.75. The topological polar surface area (TPSA) is 17.1 Å². The lowest BCUT2D eigenvalue weighted by atomic mass is 10.1. The molecule has 7 heavy (non-hydrogen) atoms. The van der Waals surface area contributed by atoms with E-state index < -0.39 is 0 Å². The highest BCUT2D eigenvalue weighted by atomic mass is 16.1. The molecular formula is C5H5BO. The summed E-state index contributed by atoms with van der Waals surface area (Å²) >= 11 is 0. The van der Waals surface area contributed by atoms with E-state index in [1.54, 1.807) is 6.08 Å². The van der Waals surface area contributed by atoms with Crippen molar-refractivity contribution in [1.29, 1.82) is 0 Å². The Labute approximate surface area is 44.1 Å². The van der Waals surface area contributed by atoms with E-state index in [1.165, 1.54) is 5.98 Å². The molecule has 0 aliphatic rings. The van der Waals surface area contributed by atoms with Crippen LogP contribution in [0.4, 0.5) is 0 Å². The highest BCUT2D eigenvalue weighted by molar-refractivity contribution is 6.16. The van der Waals surface area contributed by atoms with Gasteiger partial charge in [0.2, 0.25) is 0 Å². The Kier molecular flexibility index (Phi) is 4.70. The lowest BCUT2D eigenvalue weighted by Gasteiger charge is -1.63. The van der Waals surface area contributed by atoms with Gasteiger partial charge in [-0.3, -0.25) is 0 Å². The second kappa shape index (κ2) is 5.25. The van der Waals surface area contributed by atoms with E-state index in [9.17, 15) is 4.79 Å².